The highest BCUT2D eigenvalue weighted by Gasteiger charge is 2.20. The van der Waals surface area contributed by atoms with Gasteiger partial charge in [-0.25, -0.2) is 15.0 Å². The van der Waals surface area contributed by atoms with E-state index in [2.05, 4.69) is 158 Å². The molecule has 0 saturated carbocycles. The number of hydrogen-bond donors (Lipinski definition) is 0. The van der Waals surface area contributed by atoms with Crippen LogP contribution in [0, 0.1) is 0 Å². The van der Waals surface area contributed by atoms with Gasteiger partial charge in [-0.2, -0.15) is 0 Å². The molecule has 11 rings (SSSR count). The van der Waals surface area contributed by atoms with Gasteiger partial charge in [0.1, 0.15) is 4.83 Å². The maximum absolute atomic E-state index is 5.41. The van der Waals surface area contributed by atoms with Crippen molar-refractivity contribution in [3.63, 3.8) is 0 Å². The van der Waals surface area contributed by atoms with Crippen LogP contribution in [0.5, 0.6) is 0 Å². The van der Waals surface area contributed by atoms with Crippen molar-refractivity contribution < 1.29 is 0 Å². The van der Waals surface area contributed by atoms with E-state index in [0.29, 0.717) is 0 Å². The molecule has 0 bridgehead atoms. The first-order valence-electron chi connectivity index (χ1n) is 17.4. The minimum absolute atomic E-state index is 0.726. The molecule has 0 radical (unpaired) electrons. The molecule has 0 N–H and O–H groups in total. The highest BCUT2D eigenvalue weighted by atomic mass is 32.1. The van der Waals surface area contributed by atoms with E-state index in [1.807, 2.05) is 6.07 Å². The normalized spacial score (nSPS) is 11.8. The Hall–Kier alpha value is -6.27. The molecule has 0 aliphatic heterocycles. The summed E-state index contributed by atoms with van der Waals surface area (Å²) >= 11 is 3.57. The van der Waals surface area contributed by atoms with Gasteiger partial charge in [0.25, 0.3) is 0 Å². The van der Waals surface area contributed by atoms with Crippen molar-refractivity contribution in [3.05, 3.63) is 164 Å². The summed E-state index contributed by atoms with van der Waals surface area (Å²) in [6, 6.07) is 58.2. The Labute approximate surface area is 307 Å². The molecule has 11 aromatic rings. The first-order chi connectivity index (χ1) is 25.8. The first kappa shape index (κ1) is 29.5. The molecular formula is C47H27N3S2. The summed E-state index contributed by atoms with van der Waals surface area (Å²) in [6.07, 6.45) is 0. The smallest absolute Gasteiger partial charge is 0.161 e. The zero-order valence-corrected chi connectivity index (χ0v) is 29.4. The molecule has 4 heterocycles. The predicted octanol–water partition coefficient (Wildman–Crippen LogP) is 13.6. The van der Waals surface area contributed by atoms with Gasteiger partial charge in [-0.05, 0) is 40.4 Å². The predicted molar refractivity (Wildman–Crippen MR) is 222 cm³/mol. The van der Waals surface area contributed by atoms with Crippen molar-refractivity contribution in [3.8, 4) is 45.2 Å². The average molecular weight is 698 g/mol. The average Bonchev–Trinajstić information content (AvgIpc) is 3.79. The molecular weight excluding hydrogens is 671 g/mol. The lowest BCUT2D eigenvalue weighted by atomic mass is 9.93. The van der Waals surface area contributed by atoms with E-state index in [4.69, 9.17) is 15.0 Å². The van der Waals surface area contributed by atoms with Gasteiger partial charge >= 0.3 is 0 Å². The molecule has 4 aromatic heterocycles. The second-order valence-electron chi connectivity index (χ2n) is 13.1. The van der Waals surface area contributed by atoms with Gasteiger partial charge in [-0.3, -0.25) is 0 Å². The highest BCUT2D eigenvalue weighted by Crippen LogP contribution is 2.44. The van der Waals surface area contributed by atoms with Crippen molar-refractivity contribution >= 4 is 84.7 Å². The third-order valence-corrected chi connectivity index (χ3v) is 12.4. The Bertz CT molecular complexity index is 3190. The molecule has 0 fully saturated rings. The van der Waals surface area contributed by atoms with E-state index in [1.54, 1.807) is 22.7 Å². The number of rotatable bonds is 4. The number of hydrogen-bond acceptors (Lipinski definition) is 5. The summed E-state index contributed by atoms with van der Waals surface area (Å²) < 4.78 is 3.73. The van der Waals surface area contributed by atoms with Crippen LogP contribution in [0.25, 0.3) is 107 Å². The van der Waals surface area contributed by atoms with Crippen LogP contribution in [0.15, 0.2) is 164 Å². The summed E-state index contributed by atoms with van der Waals surface area (Å²) in [6.45, 7) is 0. The molecule has 7 aromatic carbocycles. The summed E-state index contributed by atoms with van der Waals surface area (Å²) in [4.78, 5) is 17.1. The van der Waals surface area contributed by atoms with E-state index in [-0.39, 0.29) is 0 Å². The van der Waals surface area contributed by atoms with E-state index >= 15 is 0 Å². The SMILES string of the molecule is c1ccc(-c2cc(-c3ccc(-c4nc5sc6ccccc6c5c5ccccc45)c4ccccc34)nc(-c3cccc4c3sc3ccccc34)n2)cc1. The fourth-order valence-electron chi connectivity index (χ4n) is 7.76. The number of aromatic nitrogens is 3. The van der Waals surface area contributed by atoms with Crippen LogP contribution in [0.4, 0.5) is 0 Å². The molecule has 0 saturated heterocycles. The fourth-order valence-corrected chi connectivity index (χ4v) is 10.1. The molecule has 0 spiro atoms. The summed E-state index contributed by atoms with van der Waals surface area (Å²) in [5.41, 5.74) is 7.08. The van der Waals surface area contributed by atoms with E-state index < -0.39 is 0 Å². The van der Waals surface area contributed by atoms with Crippen molar-refractivity contribution in [2.24, 2.45) is 0 Å². The van der Waals surface area contributed by atoms with Gasteiger partial charge < -0.3 is 0 Å². The van der Waals surface area contributed by atoms with E-state index in [1.165, 1.54) is 41.0 Å². The molecule has 0 atom stereocenters. The Kier molecular flexibility index (Phi) is 6.59. The largest absolute Gasteiger partial charge is 0.236 e. The second-order valence-corrected chi connectivity index (χ2v) is 15.2. The number of thiophene rings is 2. The van der Waals surface area contributed by atoms with E-state index in [0.717, 1.165) is 66.1 Å². The maximum Gasteiger partial charge on any atom is 0.161 e. The molecule has 0 unspecified atom stereocenters. The molecule has 3 nitrogen and oxygen atoms in total. The van der Waals surface area contributed by atoms with Crippen LogP contribution >= 0.6 is 22.7 Å². The third kappa shape index (κ3) is 4.53. The Morgan fingerprint density at radius 3 is 1.77 bits per heavy atom. The highest BCUT2D eigenvalue weighted by molar-refractivity contribution is 7.26. The molecule has 0 aliphatic carbocycles. The lowest BCUT2D eigenvalue weighted by Crippen LogP contribution is -1.97. The van der Waals surface area contributed by atoms with Crippen LogP contribution in [-0.2, 0) is 0 Å². The number of fused-ring (bicyclic) bond motifs is 9. The zero-order chi connectivity index (χ0) is 34.2. The summed E-state index contributed by atoms with van der Waals surface area (Å²) in [5, 5.41) is 9.66. The van der Waals surface area contributed by atoms with Gasteiger partial charge in [0.2, 0.25) is 0 Å². The van der Waals surface area contributed by atoms with Gasteiger partial charge in [-0.1, -0.05) is 140 Å². The van der Waals surface area contributed by atoms with Crippen molar-refractivity contribution in [1.29, 1.82) is 0 Å². The topological polar surface area (TPSA) is 38.7 Å². The summed E-state index contributed by atoms with van der Waals surface area (Å²) in [7, 11) is 0. The van der Waals surface area contributed by atoms with Gasteiger partial charge in [-0.15, -0.1) is 22.7 Å². The Morgan fingerprint density at radius 1 is 0.365 bits per heavy atom. The van der Waals surface area contributed by atoms with Gasteiger partial charge in [0.15, 0.2) is 5.82 Å². The lowest BCUT2D eigenvalue weighted by Gasteiger charge is -2.15. The minimum Gasteiger partial charge on any atom is -0.236 e. The summed E-state index contributed by atoms with van der Waals surface area (Å²) in [5.74, 6) is 0.726. The van der Waals surface area contributed by atoms with Crippen molar-refractivity contribution in [2.45, 2.75) is 0 Å². The number of nitrogens with zero attached hydrogens (tertiary/aromatic N) is 3. The number of pyridine rings is 1. The zero-order valence-electron chi connectivity index (χ0n) is 27.7. The minimum atomic E-state index is 0.726. The van der Waals surface area contributed by atoms with Gasteiger partial charge in [0.05, 0.1) is 17.1 Å². The van der Waals surface area contributed by atoms with Crippen LogP contribution in [0.3, 0.4) is 0 Å². The van der Waals surface area contributed by atoms with E-state index in [9.17, 15) is 0 Å². The quantitative estimate of drug-likeness (QED) is 0.184. The van der Waals surface area contributed by atoms with Crippen LogP contribution in [-0.4, -0.2) is 15.0 Å². The third-order valence-electron chi connectivity index (χ3n) is 10.1. The Balaban J connectivity index is 1.16. The maximum atomic E-state index is 5.41. The second kappa shape index (κ2) is 11.6. The van der Waals surface area contributed by atoms with Crippen LogP contribution in [0.2, 0.25) is 0 Å². The monoisotopic (exact) mass is 697 g/mol. The van der Waals surface area contributed by atoms with Crippen molar-refractivity contribution in [1.82, 2.24) is 15.0 Å². The first-order valence-corrected chi connectivity index (χ1v) is 19.0. The van der Waals surface area contributed by atoms with Gasteiger partial charge in [0, 0.05) is 63.3 Å². The molecule has 5 heteroatoms. The molecule has 242 valence electrons. The van der Waals surface area contributed by atoms with Crippen molar-refractivity contribution in [2.75, 3.05) is 0 Å². The van der Waals surface area contributed by atoms with Crippen LogP contribution < -0.4 is 0 Å². The molecule has 0 amide bonds. The molecule has 52 heavy (non-hydrogen) atoms. The van der Waals surface area contributed by atoms with Crippen LogP contribution in [0.1, 0.15) is 0 Å². The Morgan fingerprint density at radius 2 is 0.962 bits per heavy atom. The lowest BCUT2D eigenvalue weighted by molar-refractivity contribution is 1.19. The fraction of sp³-hybridized carbons (Fsp3) is 0. The number of benzene rings is 7. The molecule has 0 aliphatic rings. The standard InChI is InChI=1S/C47H27N3S2/c1-2-13-28(14-3-1)39-27-40(49-46(48-39)38-22-12-21-36-32-17-8-10-23-41(32)51-45(36)38)31-25-26-35(30-16-5-4-15-29(30)31)44-34-19-7-6-18-33(34)43-37-20-9-11-24-42(37)52-47(43)50-44/h1-27H.